The minimum atomic E-state index is 0. The molecule has 0 radical (unpaired) electrons. The van der Waals surface area contributed by atoms with Crippen molar-refractivity contribution in [3.63, 3.8) is 0 Å². The van der Waals surface area contributed by atoms with Gasteiger partial charge in [0.15, 0.2) is 0 Å². The third-order valence-electron chi connectivity index (χ3n) is 4.79. The van der Waals surface area contributed by atoms with Gasteiger partial charge >= 0.3 is 0 Å². The molecule has 2 aromatic rings. The molecule has 0 aliphatic rings. The van der Waals surface area contributed by atoms with Crippen LogP contribution >= 0.6 is 12.4 Å². The number of rotatable bonds is 13. The lowest BCUT2D eigenvalue weighted by Gasteiger charge is -2.03. The van der Waals surface area contributed by atoms with Crippen molar-refractivity contribution in [2.75, 3.05) is 0 Å². The molecule has 0 saturated carbocycles. The highest BCUT2D eigenvalue weighted by Crippen LogP contribution is 2.19. The lowest BCUT2D eigenvalue weighted by Crippen LogP contribution is -1.86. The highest BCUT2D eigenvalue weighted by Gasteiger charge is 1.96. The summed E-state index contributed by atoms with van der Waals surface area (Å²) in [5.74, 6) is 0. The molecule has 2 nitrogen and oxygen atoms in total. The summed E-state index contributed by atoms with van der Waals surface area (Å²) in [6.07, 6.45) is 15.1. The highest BCUT2D eigenvalue weighted by molar-refractivity contribution is 5.85. The van der Waals surface area contributed by atoms with E-state index in [4.69, 9.17) is 0 Å². The molecule has 0 aliphatic carbocycles. The first kappa shape index (κ1) is 23.4. The van der Waals surface area contributed by atoms with Crippen LogP contribution in [0.25, 0.3) is 0 Å². The molecule has 0 heterocycles. The Balaban J connectivity index is 0.00000364. The maximum Gasteiger partial charge on any atom is 0.0857 e. The van der Waals surface area contributed by atoms with Crippen molar-refractivity contribution in [2.45, 2.75) is 77.6 Å². The van der Waals surface area contributed by atoms with Crippen molar-refractivity contribution >= 4 is 23.8 Å². The van der Waals surface area contributed by atoms with E-state index in [2.05, 4.69) is 41.4 Å². The Labute approximate surface area is 171 Å². The van der Waals surface area contributed by atoms with Crippen molar-refractivity contribution in [2.24, 2.45) is 10.2 Å². The summed E-state index contributed by atoms with van der Waals surface area (Å²) in [6.45, 7) is 2.28. The molecule has 0 bridgehead atoms. The van der Waals surface area contributed by atoms with E-state index in [9.17, 15) is 0 Å². The molecule has 0 atom stereocenters. The molecule has 2 rings (SSSR count). The lowest BCUT2D eigenvalue weighted by atomic mass is 10.0. The summed E-state index contributed by atoms with van der Waals surface area (Å²) in [7, 11) is 0. The lowest BCUT2D eigenvalue weighted by molar-refractivity contribution is 0.556. The number of aryl methyl sites for hydroxylation is 1. The zero-order valence-corrected chi connectivity index (χ0v) is 17.6. The molecule has 0 saturated heterocycles. The van der Waals surface area contributed by atoms with Crippen LogP contribution in [0.3, 0.4) is 0 Å². The van der Waals surface area contributed by atoms with Gasteiger partial charge in [0.05, 0.1) is 11.4 Å². The second kappa shape index (κ2) is 15.4. The van der Waals surface area contributed by atoms with Gasteiger partial charge < -0.3 is 0 Å². The topological polar surface area (TPSA) is 24.7 Å². The summed E-state index contributed by atoms with van der Waals surface area (Å²) in [4.78, 5) is 0. The summed E-state index contributed by atoms with van der Waals surface area (Å²) in [5, 5.41) is 8.56. The Bertz CT molecular complexity index is 608. The van der Waals surface area contributed by atoms with Crippen LogP contribution in [0.2, 0.25) is 0 Å². The summed E-state index contributed by atoms with van der Waals surface area (Å²) in [6, 6.07) is 18.4. The fourth-order valence-corrected chi connectivity index (χ4v) is 3.16. The van der Waals surface area contributed by atoms with E-state index in [0.29, 0.717) is 0 Å². The van der Waals surface area contributed by atoms with Gasteiger partial charge in [-0.3, -0.25) is 0 Å². The second-order valence-corrected chi connectivity index (χ2v) is 7.13. The Hall–Kier alpha value is -1.67. The number of hydrogen-bond acceptors (Lipinski definition) is 2. The van der Waals surface area contributed by atoms with Crippen LogP contribution in [-0.4, -0.2) is 0 Å². The Kier molecular flexibility index (Phi) is 13.3. The van der Waals surface area contributed by atoms with Crippen LogP contribution in [-0.2, 0) is 6.42 Å². The third-order valence-corrected chi connectivity index (χ3v) is 4.79. The van der Waals surface area contributed by atoms with Gasteiger partial charge in [0.2, 0.25) is 0 Å². The molecule has 2 aromatic carbocycles. The molecule has 3 heteroatoms. The smallest absolute Gasteiger partial charge is 0.0857 e. The van der Waals surface area contributed by atoms with E-state index < -0.39 is 0 Å². The standard InChI is InChI=1S/C24H34N2.ClH/c1-2-3-4-5-6-7-8-9-10-12-15-22-18-20-24(21-19-22)26-25-23-16-13-11-14-17-23;/h11,13-14,16-21H,2-10,12,15H2,1H3;1H. The number of azo groups is 1. The molecule has 0 spiro atoms. The maximum atomic E-state index is 4.30. The maximum absolute atomic E-state index is 4.30. The molecule has 27 heavy (non-hydrogen) atoms. The van der Waals surface area contributed by atoms with Crippen molar-refractivity contribution < 1.29 is 0 Å². The van der Waals surface area contributed by atoms with E-state index >= 15 is 0 Å². The zero-order valence-electron chi connectivity index (χ0n) is 16.8. The largest absolute Gasteiger partial charge is 0.151 e. The van der Waals surface area contributed by atoms with Crippen molar-refractivity contribution in [3.8, 4) is 0 Å². The van der Waals surface area contributed by atoms with E-state index in [1.807, 2.05) is 30.3 Å². The first-order chi connectivity index (χ1) is 12.9. The number of benzene rings is 2. The second-order valence-electron chi connectivity index (χ2n) is 7.13. The monoisotopic (exact) mass is 386 g/mol. The fraction of sp³-hybridized carbons (Fsp3) is 0.500. The molecular weight excluding hydrogens is 352 g/mol. The molecule has 0 amide bonds. The van der Waals surface area contributed by atoms with Gasteiger partial charge in [-0.05, 0) is 42.7 Å². The van der Waals surface area contributed by atoms with Crippen LogP contribution in [0, 0.1) is 0 Å². The van der Waals surface area contributed by atoms with E-state index in [-0.39, 0.29) is 12.4 Å². The fourth-order valence-electron chi connectivity index (χ4n) is 3.16. The highest BCUT2D eigenvalue weighted by atomic mass is 35.5. The SMILES string of the molecule is CCCCCCCCCCCCc1ccc(N=Nc2ccccc2)cc1.Cl. The van der Waals surface area contributed by atoms with Gasteiger partial charge in [0, 0.05) is 0 Å². The molecular formula is C24H35ClN2. The minimum Gasteiger partial charge on any atom is -0.151 e. The van der Waals surface area contributed by atoms with Gasteiger partial charge in [0.1, 0.15) is 0 Å². The van der Waals surface area contributed by atoms with Crippen LogP contribution in [0.15, 0.2) is 64.8 Å². The van der Waals surface area contributed by atoms with Gasteiger partial charge in [-0.25, -0.2) is 0 Å². The average Bonchev–Trinajstić information content (AvgIpc) is 2.69. The van der Waals surface area contributed by atoms with Crippen LogP contribution in [0.5, 0.6) is 0 Å². The van der Waals surface area contributed by atoms with Crippen LogP contribution in [0.4, 0.5) is 11.4 Å². The average molecular weight is 387 g/mol. The normalized spacial score (nSPS) is 10.9. The van der Waals surface area contributed by atoms with Crippen LogP contribution in [0.1, 0.15) is 76.7 Å². The molecule has 148 valence electrons. The van der Waals surface area contributed by atoms with Gasteiger partial charge in [-0.1, -0.05) is 95.0 Å². The first-order valence-electron chi connectivity index (χ1n) is 10.4. The predicted octanol–water partition coefficient (Wildman–Crippen LogP) is 8.99. The summed E-state index contributed by atoms with van der Waals surface area (Å²) >= 11 is 0. The molecule has 0 aromatic heterocycles. The predicted molar refractivity (Wildman–Crippen MR) is 120 cm³/mol. The van der Waals surface area contributed by atoms with Gasteiger partial charge in [0.25, 0.3) is 0 Å². The van der Waals surface area contributed by atoms with Crippen molar-refractivity contribution in [3.05, 3.63) is 60.2 Å². The molecule has 0 unspecified atom stereocenters. The van der Waals surface area contributed by atoms with Crippen LogP contribution < -0.4 is 0 Å². The first-order valence-corrected chi connectivity index (χ1v) is 10.4. The van der Waals surface area contributed by atoms with Gasteiger partial charge in [-0.15, -0.1) is 12.4 Å². The Morgan fingerprint density at radius 3 is 1.59 bits per heavy atom. The zero-order chi connectivity index (χ0) is 18.3. The Morgan fingerprint density at radius 2 is 1.04 bits per heavy atom. The van der Waals surface area contributed by atoms with Crippen molar-refractivity contribution in [1.82, 2.24) is 0 Å². The number of hydrogen-bond donors (Lipinski definition) is 0. The Morgan fingerprint density at radius 1 is 0.556 bits per heavy atom. The number of halogens is 1. The van der Waals surface area contributed by atoms with E-state index in [1.165, 1.54) is 76.2 Å². The minimum absolute atomic E-state index is 0. The van der Waals surface area contributed by atoms with Gasteiger partial charge in [-0.2, -0.15) is 10.2 Å². The number of nitrogens with zero attached hydrogens (tertiary/aromatic N) is 2. The molecule has 0 fully saturated rings. The van der Waals surface area contributed by atoms with E-state index in [0.717, 1.165) is 11.4 Å². The third kappa shape index (κ3) is 10.9. The van der Waals surface area contributed by atoms with E-state index in [1.54, 1.807) is 0 Å². The number of unbranched alkanes of at least 4 members (excludes halogenated alkanes) is 9. The molecule has 0 aliphatic heterocycles. The quantitative estimate of drug-likeness (QED) is 0.242. The molecule has 0 N–H and O–H groups in total. The summed E-state index contributed by atoms with van der Waals surface area (Å²) < 4.78 is 0. The summed E-state index contributed by atoms with van der Waals surface area (Å²) in [5.41, 5.74) is 3.21. The van der Waals surface area contributed by atoms with Crippen molar-refractivity contribution in [1.29, 1.82) is 0 Å².